The van der Waals surface area contributed by atoms with Gasteiger partial charge in [-0.05, 0) is 29.2 Å². The first-order valence-electron chi connectivity index (χ1n) is 6.55. The molecule has 0 fully saturated rings. The highest BCUT2D eigenvalue weighted by Crippen LogP contribution is 2.21. The minimum atomic E-state index is -1.05. The Labute approximate surface area is 125 Å². The lowest BCUT2D eigenvalue weighted by Crippen LogP contribution is -2.29. The van der Waals surface area contributed by atoms with Gasteiger partial charge in [-0.15, -0.1) is 4.91 Å². The van der Waals surface area contributed by atoms with Gasteiger partial charge in [0.25, 0.3) is 0 Å². The molecule has 2 aromatic carbocycles. The third kappa shape index (κ3) is 2.70. The van der Waals surface area contributed by atoms with E-state index in [0.717, 1.165) is 22.7 Å². The molecule has 112 valence electrons. The summed E-state index contributed by atoms with van der Waals surface area (Å²) in [5.41, 5.74) is 1.89. The van der Waals surface area contributed by atoms with Gasteiger partial charge in [-0.2, -0.15) is 0 Å². The predicted octanol–water partition coefficient (Wildman–Crippen LogP) is 1.87. The summed E-state index contributed by atoms with van der Waals surface area (Å²) in [5, 5.41) is 13.6. The van der Waals surface area contributed by atoms with E-state index in [1.54, 1.807) is 18.2 Å². The highest BCUT2D eigenvalue weighted by Gasteiger charge is 2.28. The van der Waals surface area contributed by atoms with Gasteiger partial charge in [0.2, 0.25) is 0 Å². The van der Waals surface area contributed by atoms with Crippen molar-refractivity contribution in [3.63, 3.8) is 0 Å². The van der Waals surface area contributed by atoms with E-state index < -0.39 is 18.8 Å². The van der Waals surface area contributed by atoms with Crippen LogP contribution < -0.4 is 10.5 Å². The molecule has 0 spiro atoms. The Morgan fingerprint density at radius 2 is 2.09 bits per heavy atom. The van der Waals surface area contributed by atoms with Crippen LogP contribution in [-0.2, 0) is 17.8 Å². The fraction of sp³-hybridized carbons (Fsp3) is 0.143. The van der Waals surface area contributed by atoms with E-state index in [-0.39, 0.29) is 18.7 Å². The van der Waals surface area contributed by atoms with Crippen LogP contribution in [0.5, 0.6) is 0 Å². The van der Waals surface area contributed by atoms with Crippen LogP contribution in [0, 0.1) is 16.5 Å². The van der Waals surface area contributed by atoms with Crippen LogP contribution in [0.4, 0.5) is 14.5 Å². The molecule has 3 rings (SSSR count). The second-order valence-electron chi connectivity index (χ2n) is 4.92. The molecule has 0 radical (unpaired) electrons. The van der Waals surface area contributed by atoms with Gasteiger partial charge in [0.05, 0.1) is 24.1 Å². The number of fused-ring (bicyclic) bond motifs is 1. The van der Waals surface area contributed by atoms with Crippen molar-refractivity contribution >= 4 is 18.3 Å². The number of hydrogen-bond acceptors (Lipinski definition) is 4. The zero-order valence-corrected chi connectivity index (χ0v) is 11.4. The summed E-state index contributed by atoms with van der Waals surface area (Å²) in [7, 11) is -1.05. The second kappa shape index (κ2) is 5.82. The van der Waals surface area contributed by atoms with E-state index in [9.17, 15) is 18.7 Å². The molecule has 0 unspecified atom stereocenters. The maximum atomic E-state index is 13.7. The molecule has 0 saturated carbocycles. The summed E-state index contributed by atoms with van der Waals surface area (Å²) >= 11 is 0. The molecular formula is C14H11BF2N2O3. The molecule has 0 aliphatic carbocycles. The molecular weight excluding hydrogens is 293 g/mol. The van der Waals surface area contributed by atoms with Crippen molar-refractivity contribution in [1.29, 1.82) is 0 Å². The van der Waals surface area contributed by atoms with Crippen molar-refractivity contribution in [3.8, 4) is 0 Å². The van der Waals surface area contributed by atoms with Crippen molar-refractivity contribution in [1.82, 2.24) is 0 Å². The first-order valence-corrected chi connectivity index (χ1v) is 6.55. The Kier molecular flexibility index (Phi) is 3.87. The van der Waals surface area contributed by atoms with Crippen LogP contribution in [0.15, 0.2) is 41.7 Å². The zero-order valence-electron chi connectivity index (χ0n) is 11.4. The highest BCUT2D eigenvalue weighted by molar-refractivity contribution is 6.61. The number of anilines is 1. The van der Waals surface area contributed by atoms with E-state index in [4.69, 9.17) is 4.65 Å². The van der Waals surface area contributed by atoms with Crippen molar-refractivity contribution in [2.45, 2.75) is 13.2 Å². The maximum Gasteiger partial charge on any atom is 0.491 e. The molecule has 2 aromatic rings. The molecule has 0 saturated heterocycles. The smallest absolute Gasteiger partial charge is 0.423 e. The van der Waals surface area contributed by atoms with Gasteiger partial charge < -0.3 is 9.68 Å². The van der Waals surface area contributed by atoms with Crippen LogP contribution in [0.2, 0.25) is 0 Å². The van der Waals surface area contributed by atoms with Crippen LogP contribution in [-0.4, -0.2) is 12.1 Å². The lowest BCUT2D eigenvalue weighted by molar-refractivity contribution is 0.275. The van der Waals surface area contributed by atoms with Gasteiger partial charge >= 0.3 is 7.12 Å². The van der Waals surface area contributed by atoms with Crippen molar-refractivity contribution in [3.05, 3.63) is 64.1 Å². The van der Waals surface area contributed by atoms with Crippen LogP contribution in [0.25, 0.3) is 0 Å². The number of benzene rings is 2. The average Bonchev–Trinajstić information content (AvgIpc) is 2.87. The predicted molar refractivity (Wildman–Crippen MR) is 77.2 cm³/mol. The lowest BCUT2D eigenvalue weighted by atomic mass is 9.79. The minimum Gasteiger partial charge on any atom is -0.423 e. The summed E-state index contributed by atoms with van der Waals surface area (Å²) in [5.74, 6) is -1.44. The largest absolute Gasteiger partial charge is 0.491 e. The third-order valence-electron chi connectivity index (χ3n) is 3.52. The Balaban J connectivity index is 1.88. The van der Waals surface area contributed by atoms with E-state index in [0.29, 0.717) is 11.2 Å². The summed E-state index contributed by atoms with van der Waals surface area (Å²) in [6, 6.07) is 8.02. The van der Waals surface area contributed by atoms with E-state index >= 15 is 0 Å². The van der Waals surface area contributed by atoms with Crippen molar-refractivity contribution in [2.24, 2.45) is 5.29 Å². The standard InChI is InChI=1S/C14H11BF2N2O3/c16-11-3-1-9(14(17)5-11)7-19(18-21)12-4-2-10-8-22-15(20)13(10)6-12/h1-6,20H,7-8H2. The molecule has 0 aromatic heterocycles. The Morgan fingerprint density at radius 3 is 2.82 bits per heavy atom. The van der Waals surface area contributed by atoms with Crippen LogP contribution >= 0.6 is 0 Å². The van der Waals surface area contributed by atoms with Crippen molar-refractivity contribution in [2.75, 3.05) is 5.01 Å². The van der Waals surface area contributed by atoms with Gasteiger partial charge in [0.15, 0.2) is 0 Å². The highest BCUT2D eigenvalue weighted by atomic mass is 19.1. The zero-order chi connectivity index (χ0) is 15.7. The van der Waals surface area contributed by atoms with Gasteiger partial charge in [0.1, 0.15) is 11.6 Å². The minimum absolute atomic E-state index is 0.137. The Morgan fingerprint density at radius 1 is 1.27 bits per heavy atom. The molecule has 1 aliphatic rings. The Hall–Kier alpha value is -2.32. The summed E-state index contributed by atoms with van der Waals surface area (Å²) in [6.07, 6.45) is 0. The molecule has 5 nitrogen and oxygen atoms in total. The van der Waals surface area contributed by atoms with Gasteiger partial charge in [-0.3, -0.25) is 0 Å². The molecule has 0 amide bonds. The average molecular weight is 304 g/mol. The number of halogens is 2. The van der Waals surface area contributed by atoms with E-state index in [1.165, 1.54) is 6.07 Å². The molecule has 1 heterocycles. The quantitative estimate of drug-likeness (QED) is 0.532. The third-order valence-corrected chi connectivity index (χ3v) is 3.52. The topological polar surface area (TPSA) is 62.1 Å². The molecule has 0 bridgehead atoms. The second-order valence-corrected chi connectivity index (χ2v) is 4.92. The fourth-order valence-corrected chi connectivity index (χ4v) is 2.34. The molecule has 1 aliphatic heterocycles. The monoisotopic (exact) mass is 304 g/mol. The lowest BCUT2D eigenvalue weighted by Gasteiger charge is -2.16. The van der Waals surface area contributed by atoms with Crippen LogP contribution in [0.3, 0.4) is 0 Å². The van der Waals surface area contributed by atoms with E-state index in [1.807, 2.05) is 0 Å². The van der Waals surface area contributed by atoms with Gasteiger partial charge in [-0.25, -0.2) is 13.8 Å². The molecule has 0 atom stereocenters. The van der Waals surface area contributed by atoms with Gasteiger partial charge in [0, 0.05) is 11.6 Å². The fourth-order valence-electron chi connectivity index (χ4n) is 2.34. The molecule has 1 N–H and O–H groups in total. The summed E-state index contributed by atoms with van der Waals surface area (Å²) < 4.78 is 31.6. The summed E-state index contributed by atoms with van der Waals surface area (Å²) in [4.78, 5) is 11.1. The molecule has 8 heteroatoms. The number of rotatable bonds is 4. The molecule has 22 heavy (non-hydrogen) atoms. The number of nitrogens with zero attached hydrogens (tertiary/aromatic N) is 2. The Bertz CT molecular complexity index is 729. The summed E-state index contributed by atoms with van der Waals surface area (Å²) in [6.45, 7) is 0.142. The van der Waals surface area contributed by atoms with Gasteiger partial charge in [-0.1, -0.05) is 12.1 Å². The van der Waals surface area contributed by atoms with Crippen molar-refractivity contribution < 1.29 is 18.5 Å². The van der Waals surface area contributed by atoms with E-state index in [2.05, 4.69) is 5.29 Å². The SMILES string of the molecule is O=NN(Cc1ccc(F)cc1F)c1ccc2c(c1)B(O)OC2. The number of hydrogen-bond donors (Lipinski definition) is 1. The number of nitroso groups, excluding NO2 is 1. The maximum absolute atomic E-state index is 13.7. The normalized spacial score (nSPS) is 13.1. The van der Waals surface area contributed by atoms with Crippen LogP contribution in [0.1, 0.15) is 11.1 Å². The first kappa shape index (κ1) is 14.6. The first-order chi connectivity index (χ1) is 10.6.